The second kappa shape index (κ2) is 11.0. The van der Waals surface area contributed by atoms with Crippen molar-refractivity contribution in [3.8, 4) is 11.4 Å². The molecule has 0 fully saturated rings. The van der Waals surface area contributed by atoms with E-state index < -0.39 is 5.91 Å². The molecule has 0 aliphatic carbocycles. The number of halogens is 2. The Kier molecular flexibility index (Phi) is 9.36. The van der Waals surface area contributed by atoms with E-state index in [1.807, 2.05) is 25.2 Å². The number of anilines is 1. The number of carbonyl (C=O) groups excluding carboxylic acids is 1. The number of H-pyrrole nitrogens is 1. The summed E-state index contributed by atoms with van der Waals surface area (Å²) in [6.07, 6.45) is 1.78. The predicted octanol–water partition coefficient (Wildman–Crippen LogP) is 3.35. The Hall–Kier alpha value is -2.35. The molecular weight excluding hydrogens is 411 g/mol. The van der Waals surface area contributed by atoms with Gasteiger partial charge in [-0.15, -0.1) is 24.8 Å². The zero-order chi connectivity index (χ0) is 19.4. The first-order valence-electron chi connectivity index (χ1n) is 9.22. The molecule has 2 aromatic heterocycles. The lowest BCUT2D eigenvalue weighted by molar-refractivity contribution is 0.100. The fourth-order valence-electron chi connectivity index (χ4n) is 3.18. The minimum Gasteiger partial charge on any atom is -0.366 e. The number of hydrogen-bond acceptors (Lipinski definition) is 5. The summed E-state index contributed by atoms with van der Waals surface area (Å²) in [5.74, 6) is 1.04. The molecule has 29 heavy (non-hydrogen) atoms. The number of pyridine rings is 1. The molecule has 9 heteroatoms. The highest BCUT2D eigenvalue weighted by Gasteiger charge is 2.17. The maximum Gasteiger partial charge on any atom is 0.250 e. The number of aromatic nitrogens is 3. The largest absolute Gasteiger partial charge is 0.366 e. The Morgan fingerprint density at radius 1 is 1.10 bits per heavy atom. The number of fused-ring (bicyclic) bond motifs is 1. The van der Waals surface area contributed by atoms with E-state index in [1.54, 1.807) is 18.3 Å². The van der Waals surface area contributed by atoms with Gasteiger partial charge < -0.3 is 20.5 Å². The van der Waals surface area contributed by atoms with Gasteiger partial charge in [0, 0.05) is 26.3 Å². The van der Waals surface area contributed by atoms with Gasteiger partial charge in [0.2, 0.25) is 0 Å². The first-order valence-corrected chi connectivity index (χ1v) is 9.22. The van der Waals surface area contributed by atoms with Gasteiger partial charge in [0.05, 0.1) is 16.6 Å². The molecule has 0 unspecified atom stereocenters. The van der Waals surface area contributed by atoms with Crippen molar-refractivity contribution in [2.24, 2.45) is 5.73 Å². The molecule has 2 heterocycles. The van der Waals surface area contributed by atoms with Crippen molar-refractivity contribution in [1.29, 1.82) is 0 Å². The van der Waals surface area contributed by atoms with Crippen molar-refractivity contribution >= 4 is 47.6 Å². The first kappa shape index (κ1) is 24.7. The molecule has 1 aromatic carbocycles. The van der Waals surface area contributed by atoms with Gasteiger partial charge in [-0.25, -0.2) is 9.97 Å². The molecule has 3 rings (SSSR count). The van der Waals surface area contributed by atoms with Crippen LogP contribution in [-0.4, -0.2) is 59.0 Å². The molecule has 0 bridgehead atoms. The van der Waals surface area contributed by atoms with Crippen LogP contribution in [0.25, 0.3) is 22.4 Å². The van der Waals surface area contributed by atoms with Gasteiger partial charge in [0.15, 0.2) is 0 Å². The van der Waals surface area contributed by atoms with Crippen molar-refractivity contribution in [1.82, 2.24) is 19.9 Å². The summed E-state index contributed by atoms with van der Waals surface area (Å²) in [5.41, 5.74) is 8.15. The molecule has 7 nitrogen and oxygen atoms in total. The number of nitrogens with one attached hydrogen (secondary N) is 1. The summed E-state index contributed by atoms with van der Waals surface area (Å²) in [4.78, 5) is 28.7. The lowest BCUT2D eigenvalue weighted by Gasteiger charge is -2.25. The second-order valence-electron chi connectivity index (χ2n) is 6.47. The van der Waals surface area contributed by atoms with E-state index in [4.69, 9.17) is 5.73 Å². The van der Waals surface area contributed by atoms with Gasteiger partial charge >= 0.3 is 0 Å². The lowest BCUT2D eigenvalue weighted by atomic mass is 10.2. The molecular formula is C20H28Cl2N6O. The first-order chi connectivity index (χ1) is 13.0. The molecule has 158 valence electrons. The molecule has 0 saturated carbocycles. The minimum absolute atomic E-state index is 0. The number of likely N-dealkylation sites (N-methyl/N-ethyl adjacent to an activating group) is 2. The number of rotatable bonds is 8. The lowest BCUT2D eigenvalue weighted by Crippen LogP contribution is -2.33. The molecule has 0 radical (unpaired) electrons. The van der Waals surface area contributed by atoms with Crippen LogP contribution in [0.2, 0.25) is 0 Å². The number of carbonyl (C=O) groups is 1. The Morgan fingerprint density at radius 3 is 2.48 bits per heavy atom. The van der Waals surface area contributed by atoms with Crippen LogP contribution in [-0.2, 0) is 0 Å². The average molecular weight is 439 g/mol. The van der Waals surface area contributed by atoms with E-state index in [9.17, 15) is 4.79 Å². The molecule has 0 aliphatic heterocycles. The maximum atomic E-state index is 11.7. The van der Waals surface area contributed by atoms with Crippen LogP contribution in [0.5, 0.6) is 0 Å². The minimum atomic E-state index is -0.485. The highest BCUT2D eigenvalue weighted by atomic mass is 35.5. The number of imidazole rings is 1. The third-order valence-corrected chi connectivity index (χ3v) is 4.83. The highest BCUT2D eigenvalue weighted by Crippen LogP contribution is 2.28. The number of amides is 1. The summed E-state index contributed by atoms with van der Waals surface area (Å²) in [5, 5.41) is 0. The molecule has 0 spiro atoms. The van der Waals surface area contributed by atoms with Crippen molar-refractivity contribution in [3.05, 3.63) is 42.1 Å². The topological polar surface area (TPSA) is 91.1 Å². The number of hydrogen-bond donors (Lipinski definition) is 2. The van der Waals surface area contributed by atoms with Crippen LogP contribution in [0.4, 0.5) is 5.82 Å². The summed E-state index contributed by atoms with van der Waals surface area (Å²) >= 11 is 0. The molecule has 0 aliphatic rings. The Morgan fingerprint density at radius 2 is 1.83 bits per heavy atom. The van der Waals surface area contributed by atoms with Crippen LogP contribution < -0.4 is 10.6 Å². The summed E-state index contributed by atoms with van der Waals surface area (Å²) < 4.78 is 0. The Balaban J connectivity index is 0.00000210. The SMILES string of the molecule is CCN(CC)CCN(C)c1ncccc1-c1nc2c(C(N)=O)cccc2[nH]1.Cl.Cl. The number of nitrogens with zero attached hydrogens (tertiary/aromatic N) is 4. The Bertz CT molecular complexity index is 942. The van der Waals surface area contributed by atoms with E-state index in [-0.39, 0.29) is 24.8 Å². The number of nitrogens with two attached hydrogens (primary N) is 1. The Labute approximate surface area is 183 Å². The number of benzene rings is 1. The van der Waals surface area contributed by atoms with Crippen LogP contribution in [0.15, 0.2) is 36.5 Å². The van der Waals surface area contributed by atoms with Gasteiger partial charge in [-0.2, -0.15) is 0 Å². The van der Waals surface area contributed by atoms with E-state index in [2.05, 4.69) is 38.6 Å². The van der Waals surface area contributed by atoms with Crippen molar-refractivity contribution in [3.63, 3.8) is 0 Å². The van der Waals surface area contributed by atoms with Crippen molar-refractivity contribution < 1.29 is 4.79 Å². The van der Waals surface area contributed by atoms with Crippen molar-refractivity contribution in [2.45, 2.75) is 13.8 Å². The van der Waals surface area contributed by atoms with Gasteiger partial charge in [-0.3, -0.25) is 4.79 Å². The van der Waals surface area contributed by atoms with E-state index in [0.29, 0.717) is 16.9 Å². The van der Waals surface area contributed by atoms with Gasteiger partial charge in [0.25, 0.3) is 5.91 Å². The zero-order valence-electron chi connectivity index (χ0n) is 16.9. The maximum absolute atomic E-state index is 11.7. The second-order valence-corrected chi connectivity index (χ2v) is 6.47. The smallest absolute Gasteiger partial charge is 0.250 e. The summed E-state index contributed by atoms with van der Waals surface area (Å²) in [6.45, 7) is 8.21. The molecule has 3 aromatic rings. The zero-order valence-corrected chi connectivity index (χ0v) is 18.5. The normalized spacial score (nSPS) is 10.5. The summed E-state index contributed by atoms with van der Waals surface area (Å²) in [7, 11) is 2.03. The molecule has 0 atom stereocenters. The van der Waals surface area contributed by atoms with Gasteiger partial charge in [-0.1, -0.05) is 19.9 Å². The van der Waals surface area contributed by atoms with Crippen LogP contribution in [0.3, 0.4) is 0 Å². The predicted molar refractivity (Wildman–Crippen MR) is 123 cm³/mol. The fraction of sp³-hybridized carbons (Fsp3) is 0.350. The fourth-order valence-corrected chi connectivity index (χ4v) is 3.18. The van der Waals surface area contributed by atoms with E-state index >= 15 is 0 Å². The van der Waals surface area contributed by atoms with Crippen LogP contribution >= 0.6 is 24.8 Å². The van der Waals surface area contributed by atoms with E-state index in [1.165, 1.54) is 0 Å². The number of aromatic amines is 1. The third-order valence-electron chi connectivity index (χ3n) is 4.83. The monoisotopic (exact) mass is 438 g/mol. The molecule has 3 N–H and O–H groups in total. The third kappa shape index (κ3) is 5.38. The van der Waals surface area contributed by atoms with Gasteiger partial charge in [-0.05, 0) is 37.4 Å². The molecule has 1 amide bonds. The van der Waals surface area contributed by atoms with Crippen LogP contribution in [0.1, 0.15) is 24.2 Å². The number of para-hydroxylation sites is 1. The van der Waals surface area contributed by atoms with E-state index in [0.717, 1.165) is 43.1 Å². The van der Waals surface area contributed by atoms with Crippen LogP contribution in [0, 0.1) is 0 Å². The average Bonchev–Trinajstić information content (AvgIpc) is 3.12. The molecule has 0 saturated heterocycles. The quantitative estimate of drug-likeness (QED) is 0.562. The summed E-state index contributed by atoms with van der Waals surface area (Å²) in [6, 6.07) is 9.25. The van der Waals surface area contributed by atoms with Crippen molar-refractivity contribution in [2.75, 3.05) is 38.1 Å². The standard InChI is InChI=1S/C20H26N6O.2ClH/c1-4-26(5-2)13-12-25(3)20-15(9-7-11-22-20)19-23-16-10-6-8-14(18(21)27)17(16)24-19;;/h6-11H,4-5,12-13H2,1-3H3,(H2,21,27)(H,23,24);2*1H. The number of primary amides is 1. The van der Waals surface area contributed by atoms with Gasteiger partial charge in [0.1, 0.15) is 17.2 Å². The highest BCUT2D eigenvalue weighted by molar-refractivity contribution is 6.04.